The van der Waals surface area contributed by atoms with Crippen LogP contribution in [0.1, 0.15) is 47.3 Å². The molecule has 140 valence electrons. The molecule has 0 saturated heterocycles. The highest BCUT2D eigenvalue weighted by Crippen LogP contribution is 2.17. The van der Waals surface area contributed by atoms with Crippen LogP contribution in [-0.2, 0) is 10.0 Å². The van der Waals surface area contributed by atoms with Gasteiger partial charge in [0.1, 0.15) is 0 Å². The largest absolute Gasteiger partial charge is 0.350 e. The molecule has 0 bridgehead atoms. The predicted molar refractivity (Wildman–Crippen MR) is 102 cm³/mol. The van der Waals surface area contributed by atoms with E-state index in [0.29, 0.717) is 11.5 Å². The summed E-state index contributed by atoms with van der Waals surface area (Å²) in [6.45, 7) is 4.54. The molecule has 1 unspecified atom stereocenters. The van der Waals surface area contributed by atoms with E-state index in [4.69, 9.17) is 5.73 Å². The zero-order chi connectivity index (χ0) is 19.3. The smallest absolute Gasteiger partial charge is 0.251 e. The Labute approximate surface area is 154 Å². The van der Waals surface area contributed by atoms with Gasteiger partial charge in [-0.15, -0.1) is 0 Å². The van der Waals surface area contributed by atoms with Crippen molar-refractivity contribution in [2.45, 2.75) is 30.7 Å². The van der Waals surface area contributed by atoms with Crippen LogP contribution in [0.5, 0.6) is 0 Å². The number of sulfonamides is 1. The minimum Gasteiger partial charge on any atom is -0.350 e. The van der Waals surface area contributed by atoms with Gasteiger partial charge in [0, 0.05) is 18.2 Å². The molecule has 2 aromatic carbocycles. The number of carbonyl (C=O) groups is 1. The first-order valence-electron chi connectivity index (χ1n) is 8.42. The van der Waals surface area contributed by atoms with E-state index < -0.39 is 10.0 Å². The fourth-order valence-corrected chi connectivity index (χ4v) is 3.18. The Morgan fingerprint density at radius 1 is 1.00 bits per heavy atom. The van der Waals surface area contributed by atoms with Gasteiger partial charge in [-0.3, -0.25) is 4.79 Å². The molecule has 6 nitrogen and oxygen atoms in total. The quantitative estimate of drug-likeness (QED) is 0.690. The summed E-state index contributed by atoms with van der Waals surface area (Å²) in [6, 6.07) is 13.5. The average Bonchev–Trinajstić information content (AvgIpc) is 2.66. The maximum atomic E-state index is 12.2. The summed E-state index contributed by atoms with van der Waals surface area (Å²) in [5.74, 6) is 0.155. The lowest BCUT2D eigenvalue weighted by Gasteiger charge is -2.15. The van der Waals surface area contributed by atoms with Crippen LogP contribution < -0.4 is 15.8 Å². The van der Waals surface area contributed by atoms with Crippen molar-refractivity contribution >= 4 is 15.9 Å². The third-order valence-electron chi connectivity index (χ3n) is 4.21. The van der Waals surface area contributed by atoms with Crippen molar-refractivity contribution in [2.24, 2.45) is 5.73 Å². The molecule has 1 atom stereocenters. The van der Waals surface area contributed by atoms with Gasteiger partial charge in [0.05, 0.1) is 4.90 Å². The Bertz CT molecular complexity index is 845. The van der Waals surface area contributed by atoms with Crippen molar-refractivity contribution in [3.05, 3.63) is 65.2 Å². The Morgan fingerprint density at radius 2 is 1.54 bits per heavy atom. The summed E-state index contributed by atoms with van der Waals surface area (Å²) in [4.78, 5) is 12.3. The van der Waals surface area contributed by atoms with Crippen LogP contribution in [-0.4, -0.2) is 27.9 Å². The fourth-order valence-electron chi connectivity index (χ4n) is 2.45. The van der Waals surface area contributed by atoms with E-state index in [1.54, 1.807) is 0 Å². The maximum Gasteiger partial charge on any atom is 0.251 e. The van der Waals surface area contributed by atoms with E-state index in [0.717, 1.165) is 5.56 Å². The van der Waals surface area contributed by atoms with E-state index in [9.17, 15) is 13.2 Å². The van der Waals surface area contributed by atoms with Gasteiger partial charge in [0.15, 0.2) is 0 Å². The number of nitrogens with two attached hydrogens (primary N) is 1. The minimum absolute atomic E-state index is 0.110. The average molecular weight is 375 g/mol. The zero-order valence-electron chi connectivity index (χ0n) is 15.2. The molecule has 0 aromatic heterocycles. The number of hydrogen-bond acceptors (Lipinski definition) is 4. The topological polar surface area (TPSA) is 101 Å². The van der Waals surface area contributed by atoms with Crippen LogP contribution in [0, 0.1) is 0 Å². The zero-order valence-corrected chi connectivity index (χ0v) is 16.0. The van der Waals surface area contributed by atoms with Crippen LogP contribution in [0.25, 0.3) is 0 Å². The summed E-state index contributed by atoms with van der Waals surface area (Å²) in [7, 11) is -2.18. The number of amides is 1. The van der Waals surface area contributed by atoms with Gasteiger partial charge >= 0.3 is 0 Å². The molecule has 2 rings (SSSR count). The highest BCUT2D eigenvalue weighted by Gasteiger charge is 2.14. The van der Waals surface area contributed by atoms with Gasteiger partial charge in [-0.1, -0.05) is 38.1 Å². The third kappa shape index (κ3) is 4.91. The van der Waals surface area contributed by atoms with Crippen LogP contribution in [0.15, 0.2) is 53.4 Å². The van der Waals surface area contributed by atoms with E-state index in [-0.39, 0.29) is 23.4 Å². The van der Waals surface area contributed by atoms with E-state index in [2.05, 4.69) is 23.9 Å². The summed E-state index contributed by atoms with van der Waals surface area (Å²) in [5.41, 5.74) is 8.71. The Kier molecular flexibility index (Phi) is 6.52. The lowest BCUT2D eigenvalue weighted by Crippen LogP contribution is -2.32. The number of rotatable bonds is 7. The van der Waals surface area contributed by atoms with Gasteiger partial charge in [-0.2, -0.15) is 0 Å². The summed E-state index contributed by atoms with van der Waals surface area (Å²) < 4.78 is 25.6. The summed E-state index contributed by atoms with van der Waals surface area (Å²) >= 11 is 0. The molecule has 4 N–H and O–H groups in total. The van der Waals surface area contributed by atoms with Crippen molar-refractivity contribution in [1.82, 2.24) is 10.0 Å². The normalized spacial score (nSPS) is 12.8. The van der Waals surface area contributed by atoms with Crippen LogP contribution in [0.4, 0.5) is 0 Å². The molecule has 0 heterocycles. The Balaban J connectivity index is 1.97. The predicted octanol–water partition coefficient (Wildman–Crippen LogP) is 2.15. The molecule has 7 heteroatoms. The SMILES string of the molecule is CNS(=O)(=O)c1ccc(C(=O)NCC(N)c2ccc(C(C)C)cc2)cc1. The van der Waals surface area contributed by atoms with Gasteiger partial charge < -0.3 is 11.1 Å². The first-order valence-corrected chi connectivity index (χ1v) is 9.90. The van der Waals surface area contributed by atoms with Crippen molar-refractivity contribution in [2.75, 3.05) is 13.6 Å². The number of hydrogen-bond donors (Lipinski definition) is 3. The molecule has 0 aliphatic carbocycles. The molecule has 0 fully saturated rings. The van der Waals surface area contributed by atoms with E-state index in [1.807, 2.05) is 24.3 Å². The molecule has 1 amide bonds. The molecule has 0 aliphatic heterocycles. The molecule has 0 radical (unpaired) electrons. The summed E-state index contributed by atoms with van der Waals surface area (Å²) in [5, 5.41) is 2.78. The minimum atomic E-state index is -3.51. The first kappa shape index (κ1) is 20.1. The number of carbonyl (C=O) groups excluding carboxylic acids is 1. The van der Waals surface area contributed by atoms with Crippen molar-refractivity contribution < 1.29 is 13.2 Å². The van der Waals surface area contributed by atoms with Crippen molar-refractivity contribution in [3.8, 4) is 0 Å². The molecule has 0 spiro atoms. The third-order valence-corrected chi connectivity index (χ3v) is 5.64. The van der Waals surface area contributed by atoms with Gasteiger partial charge in [0.2, 0.25) is 10.0 Å². The van der Waals surface area contributed by atoms with E-state index >= 15 is 0 Å². The molecule has 2 aromatic rings. The molecule has 0 saturated carbocycles. The monoisotopic (exact) mass is 375 g/mol. The first-order chi connectivity index (χ1) is 12.2. The summed E-state index contributed by atoms with van der Waals surface area (Å²) in [6.07, 6.45) is 0. The highest BCUT2D eigenvalue weighted by molar-refractivity contribution is 7.89. The van der Waals surface area contributed by atoms with E-state index in [1.165, 1.54) is 36.9 Å². The van der Waals surface area contributed by atoms with Crippen molar-refractivity contribution in [3.63, 3.8) is 0 Å². The maximum absolute atomic E-state index is 12.2. The van der Waals surface area contributed by atoms with Crippen LogP contribution in [0.2, 0.25) is 0 Å². The molecular formula is C19H25N3O3S. The van der Waals surface area contributed by atoms with Crippen LogP contribution >= 0.6 is 0 Å². The van der Waals surface area contributed by atoms with Gasteiger partial charge in [-0.05, 0) is 48.4 Å². The Morgan fingerprint density at radius 3 is 2.04 bits per heavy atom. The Hall–Kier alpha value is -2.22. The van der Waals surface area contributed by atoms with Crippen molar-refractivity contribution in [1.29, 1.82) is 0 Å². The van der Waals surface area contributed by atoms with Crippen LogP contribution in [0.3, 0.4) is 0 Å². The molecule has 26 heavy (non-hydrogen) atoms. The van der Waals surface area contributed by atoms with Gasteiger partial charge in [0.25, 0.3) is 5.91 Å². The lowest BCUT2D eigenvalue weighted by molar-refractivity contribution is 0.0951. The van der Waals surface area contributed by atoms with Gasteiger partial charge in [-0.25, -0.2) is 13.1 Å². The lowest BCUT2D eigenvalue weighted by atomic mass is 9.99. The highest BCUT2D eigenvalue weighted by atomic mass is 32.2. The fraction of sp³-hybridized carbons (Fsp3) is 0.316. The number of nitrogens with one attached hydrogen (secondary N) is 2. The second-order valence-electron chi connectivity index (χ2n) is 6.37. The molecular weight excluding hydrogens is 350 g/mol. The second-order valence-corrected chi connectivity index (χ2v) is 8.26. The number of benzene rings is 2. The second kappa shape index (κ2) is 8.44. The standard InChI is InChI=1S/C19H25N3O3S/c1-13(2)14-4-6-15(7-5-14)18(20)12-22-19(23)16-8-10-17(11-9-16)26(24,25)21-3/h4-11,13,18,21H,12,20H2,1-3H3,(H,22,23). The molecule has 0 aliphatic rings.